The van der Waals surface area contributed by atoms with E-state index in [2.05, 4.69) is 24.4 Å². The highest BCUT2D eigenvalue weighted by Crippen LogP contribution is 2.41. The Morgan fingerprint density at radius 3 is 2.84 bits per heavy atom. The van der Waals surface area contributed by atoms with E-state index in [1.165, 1.54) is 36.8 Å². The van der Waals surface area contributed by atoms with Crippen molar-refractivity contribution < 1.29 is 9.47 Å². The highest BCUT2D eigenvalue weighted by molar-refractivity contribution is 5.39. The highest BCUT2D eigenvalue weighted by Gasteiger charge is 2.40. The van der Waals surface area contributed by atoms with Gasteiger partial charge in [-0.1, -0.05) is 24.5 Å². The predicted octanol–water partition coefficient (Wildman–Crippen LogP) is 2.98. The summed E-state index contributed by atoms with van der Waals surface area (Å²) in [6.07, 6.45) is 5.07. The summed E-state index contributed by atoms with van der Waals surface area (Å²) in [5, 5.41) is 3.56. The number of hydrogen-bond acceptors (Lipinski definition) is 3. The molecule has 3 heteroatoms. The third-order valence-corrected chi connectivity index (χ3v) is 4.42. The molecule has 19 heavy (non-hydrogen) atoms. The fourth-order valence-corrected chi connectivity index (χ4v) is 3.41. The zero-order chi connectivity index (χ0) is 13.3. The van der Waals surface area contributed by atoms with E-state index in [1.807, 2.05) is 6.07 Å². The van der Waals surface area contributed by atoms with Crippen LogP contribution in [0.2, 0.25) is 0 Å². The number of aryl methyl sites for hydroxylation is 1. The first-order valence-electron chi connectivity index (χ1n) is 7.25. The van der Waals surface area contributed by atoms with Crippen LogP contribution in [0.5, 0.6) is 5.75 Å². The molecule has 1 aromatic carbocycles. The predicted molar refractivity (Wildman–Crippen MR) is 75.6 cm³/mol. The van der Waals surface area contributed by atoms with E-state index in [9.17, 15) is 0 Å². The first kappa shape index (κ1) is 12.9. The van der Waals surface area contributed by atoms with Crippen LogP contribution in [0, 0.1) is 6.92 Å². The molecule has 1 aliphatic carbocycles. The molecule has 0 aromatic heterocycles. The molecule has 1 N–H and O–H groups in total. The van der Waals surface area contributed by atoms with Crippen LogP contribution >= 0.6 is 0 Å². The third-order valence-electron chi connectivity index (χ3n) is 4.42. The summed E-state index contributed by atoms with van der Waals surface area (Å²) in [5.74, 6) is 0.937. The van der Waals surface area contributed by atoms with Gasteiger partial charge in [0.1, 0.15) is 5.75 Å². The van der Waals surface area contributed by atoms with Crippen LogP contribution in [-0.4, -0.2) is 25.8 Å². The second-order valence-corrected chi connectivity index (χ2v) is 5.87. The van der Waals surface area contributed by atoms with E-state index in [0.29, 0.717) is 0 Å². The molecule has 2 fully saturated rings. The molecule has 0 bridgehead atoms. The summed E-state index contributed by atoms with van der Waals surface area (Å²) in [5.41, 5.74) is 2.50. The second-order valence-electron chi connectivity index (χ2n) is 5.87. The summed E-state index contributed by atoms with van der Waals surface area (Å²) in [6.45, 7) is 3.99. The van der Waals surface area contributed by atoms with Gasteiger partial charge in [-0.15, -0.1) is 0 Å². The van der Waals surface area contributed by atoms with Crippen LogP contribution in [0.4, 0.5) is 0 Å². The van der Waals surface area contributed by atoms with Crippen LogP contribution in [0.3, 0.4) is 0 Å². The normalized spacial score (nSPS) is 25.7. The molecule has 3 nitrogen and oxygen atoms in total. The van der Waals surface area contributed by atoms with Gasteiger partial charge in [-0.2, -0.15) is 0 Å². The lowest BCUT2D eigenvalue weighted by Crippen LogP contribution is -2.49. The maximum absolute atomic E-state index is 6.48. The molecule has 1 aliphatic heterocycles. The summed E-state index contributed by atoms with van der Waals surface area (Å²) >= 11 is 0. The van der Waals surface area contributed by atoms with Crippen molar-refractivity contribution in [2.75, 3.05) is 20.2 Å². The van der Waals surface area contributed by atoms with E-state index in [0.717, 1.165) is 18.8 Å². The molecule has 1 saturated carbocycles. The van der Waals surface area contributed by atoms with Crippen molar-refractivity contribution >= 4 is 0 Å². The van der Waals surface area contributed by atoms with Crippen LogP contribution in [0.25, 0.3) is 0 Å². The SMILES string of the molecule is COc1ccc(C)cc1C1CNCC2(CCCC2)O1. The first-order chi connectivity index (χ1) is 9.22. The molecule has 1 aromatic rings. The standard InChI is InChI=1S/C16H23NO2/c1-12-5-6-14(18-2)13(9-12)15-10-17-11-16(19-15)7-3-4-8-16/h5-6,9,15,17H,3-4,7-8,10-11H2,1-2H3. The Morgan fingerprint density at radius 1 is 1.32 bits per heavy atom. The number of methoxy groups -OCH3 is 1. The molecule has 1 heterocycles. The van der Waals surface area contributed by atoms with Crippen LogP contribution in [-0.2, 0) is 4.74 Å². The lowest BCUT2D eigenvalue weighted by molar-refractivity contribution is -0.114. The minimum absolute atomic E-state index is 0.0671. The number of rotatable bonds is 2. The molecule has 1 atom stereocenters. The summed E-state index contributed by atoms with van der Waals surface area (Å²) < 4.78 is 12.0. The molecule has 1 spiro atoms. The van der Waals surface area contributed by atoms with Gasteiger partial charge in [0.05, 0.1) is 18.8 Å². The maximum Gasteiger partial charge on any atom is 0.124 e. The minimum atomic E-state index is 0.0671. The largest absolute Gasteiger partial charge is 0.496 e. The van der Waals surface area contributed by atoms with E-state index in [4.69, 9.17) is 9.47 Å². The van der Waals surface area contributed by atoms with Gasteiger partial charge < -0.3 is 14.8 Å². The second kappa shape index (κ2) is 5.14. The van der Waals surface area contributed by atoms with E-state index in [1.54, 1.807) is 7.11 Å². The van der Waals surface area contributed by atoms with Gasteiger partial charge >= 0.3 is 0 Å². The molecule has 1 saturated heterocycles. The molecular weight excluding hydrogens is 238 g/mol. The Hall–Kier alpha value is -1.06. The quantitative estimate of drug-likeness (QED) is 0.888. The molecule has 1 unspecified atom stereocenters. The average molecular weight is 261 g/mol. The number of morpholine rings is 1. The fraction of sp³-hybridized carbons (Fsp3) is 0.625. The Labute approximate surface area is 115 Å². The zero-order valence-corrected chi connectivity index (χ0v) is 11.9. The number of nitrogens with one attached hydrogen (secondary N) is 1. The van der Waals surface area contributed by atoms with Crippen molar-refractivity contribution in [1.29, 1.82) is 0 Å². The molecular formula is C16H23NO2. The average Bonchev–Trinajstić information content (AvgIpc) is 2.86. The maximum atomic E-state index is 6.48. The Bertz CT molecular complexity index is 452. The van der Waals surface area contributed by atoms with Crippen molar-refractivity contribution in [3.05, 3.63) is 29.3 Å². The summed E-state index contributed by atoms with van der Waals surface area (Å²) in [4.78, 5) is 0. The highest BCUT2D eigenvalue weighted by atomic mass is 16.5. The van der Waals surface area contributed by atoms with Gasteiger partial charge in [0.2, 0.25) is 0 Å². The van der Waals surface area contributed by atoms with Crippen LogP contribution < -0.4 is 10.1 Å². The summed E-state index contributed by atoms with van der Waals surface area (Å²) in [7, 11) is 1.73. The number of hydrogen-bond donors (Lipinski definition) is 1. The van der Waals surface area contributed by atoms with Crippen molar-refractivity contribution in [2.24, 2.45) is 0 Å². The van der Waals surface area contributed by atoms with Crippen LogP contribution in [0.1, 0.15) is 42.9 Å². The third kappa shape index (κ3) is 2.49. The van der Waals surface area contributed by atoms with Crippen LogP contribution in [0.15, 0.2) is 18.2 Å². The topological polar surface area (TPSA) is 30.5 Å². The van der Waals surface area contributed by atoms with Crippen molar-refractivity contribution in [2.45, 2.75) is 44.3 Å². The van der Waals surface area contributed by atoms with Gasteiger partial charge in [-0.05, 0) is 31.9 Å². The Balaban J connectivity index is 1.87. The van der Waals surface area contributed by atoms with Crippen molar-refractivity contribution in [3.8, 4) is 5.75 Å². The van der Waals surface area contributed by atoms with Gasteiger partial charge in [0.25, 0.3) is 0 Å². The van der Waals surface area contributed by atoms with E-state index in [-0.39, 0.29) is 11.7 Å². The molecule has 2 aliphatic rings. The lowest BCUT2D eigenvalue weighted by atomic mass is 9.96. The lowest BCUT2D eigenvalue weighted by Gasteiger charge is -2.39. The molecule has 3 rings (SSSR count). The van der Waals surface area contributed by atoms with E-state index >= 15 is 0 Å². The number of benzene rings is 1. The fourth-order valence-electron chi connectivity index (χ4n) is 3.41. The monoisotopic (exact) mass is 261 g/mol. The van der Waals surface area contributed by atoms with Gasteiger partial charge in [-0.3, -0.25) is 0 Å². The molecule has 0 radical (unpaired) electrons. The Morgan fingerprint density at radius 2 is 2.11 bits per heavy atom. The minimum Gasteiger partial charge on any atom is -0.496 e. The smallest absolute Gasteiger partial charge is 0.124 e. The van der Waals surface area contributed by atoms with Gasteiger partial charge in [-0.25, -0.2) is 0 Å². The van der Waals surface area contributed by atoms with Crippen molar-refractivity contribution in [3.63, 3.8) is 0 Å². The number of ether oxygens (including phenoxy) is 2. The molecule has 104 valence electrons. The zero-order valence-electron chi connectivity index (χ0n) is 11.9. The van der Waals surface area contributed by atoms with E-state index < -0.39 is 0 Å². The van der Waals surface area contributed by atoms with Gasteiger partial charge in [0.15, 0.2) is 0 Å². The first-order valence-corrected chi connectivity index (χ1v) is 7.25. The molecule has 0 amide bonds. The van der Waals surface area contributed by atoms with Gasteiger partial charge in [0, 0.05) is 18.7 Å². The summed E-state index contributed by atoms with van der Waals surface area (Å²) in [6, 6.07) is 6.33. The van der Waals surface area contributed by atoms with Crippen molar-refractivity contribution in [1.82, 2.24) is 5.32 Å². The Kier molecular flexibility index (Phi) is 3.50.